The Balaban J connectivity index is 2.03. The Hall–Kier alpha value is -3.40. The van der Waals surface area contributed by atoms with Gasteiger partial charge in [0.15, 0.2) is 5.75 Å². The summed E-state index contributed by atoms with van der Waals surface area (Å²) in [6, 6.07) is 16.4. The second-order valence-corrected chi connectivity index (χ2v) is 8.75. The van der Waals surface area contributed by atoms with Crippen molar-refractivity contribution >= 4 is 31.7 Å². The molecule has 4 rings (SSSR count). The zero-order chi connectivity index (χ0) is 23.1. The molecule has 10 heteroatoms. The van der Waals surface area contributed by atoms with E-state index in [0.29, 0.717) is 21.5 Å². The number of benzene rings is 3. The van der Waals surface area contributed by atoms with Crippen LogP contribution in [0.5, 0.6) is 11.6 Å². The van der Waals surface area contributed by atoms with Gasteiger partial charge in [-0.25, -0.2) is 0 Å². The van der Waals surface area contributed by atoms with Crippen molar-refractivity contribution in [1.29, 1.82) is 0 Å². The van der Waals surface area contributed by atoms with Crippen LogP contribution in [-0.2, 0) is 10.1 Å². The van der Waals surface area contributed by atoms with Crippen LogP contribution < -0.4 is 8.92 Å². The molecule has 0 radical (unpaired) electrons. The van der Waals surface area contributed by atoms with Crippen LogP contribution in [0.25, 0.3) is 32.8 Å². The predicted octanol–water partition coefficient (Wildman–Crippen LogP) is 5.47. The highest BCUT2D eigenvalue weighted by Crippen LogP contribution is 2.42. The van der Waals surface area contributed by atoms with Crippen molar-refractivity contribution in [3.05, 3.63) is 60.7 Å². The van der Waals surface area contributed by atoms with E-state index in [9.17, 15) is 21.6 Å². The molecule has 0 atom stereocenters. The molecular formula is C22H17F3N2O4S. The summed E-state index contributed by atoms with van der Waals surface area (Å²) in [5.41, 5.74) is -5.34. The van der Waals surface area contributed by atoms with E-state index in [4.69, 9.17) is 4.74 Å². The molecule has 0 aliphatic carbocycles. The van der Waals surface area contributed by atoms with Crippen LogP contribution in [0.15, 0.2) is 60.7 Å². The van der Waals surface area contributed by atoms with Crippen LogP contribution in [0.1, 0.15) is 13.8 Å². The Morgan fingerprint density at radius 2 is 1.47 bits per heavy atom. The first kappa shape index (κ1) is 21.8. The summed E-state index contributed by atoms with van der Waals surface area (Å²) in [7, 11) is -5.90. The van der Waals surface area contributed by atoms with Gasteiger partial charge in [0.05, 0.1) is 11.7 Å². The van der Waals surface area contributed by atoms with Crippen molar-refractivity contribution in [2.45, 2.75) is 25.5 Å². The minimum atomic E-state index is -5.90. The molecule has 3 aromatic carbocycles. The molecule has 0 aliphatic heterocycles. The molecule has 0 N–H and O–H groups in total. The van der Waals surface area contributed by atoms with Gasteiger partial charge in [-0.15, -0.1) is 10.2 Å². The molecule has 0 saturated heterocycles. The third kappa shape index (κ3) is 3.93. The number of alkyl halides is 3. The zero-order valence-electron chi connectivity index (χ0n) is 16.9. The molecule has 0 bridgehead atoms. The highest BCUT2D eigenvalue weighted by atomic mass is 32.2. The van der Waals surface area contributed by atoms with Gasteiger partial charge >= 0.3 is 15.6 Å². The first-order valence-electron chi connectivity index (χ1n) is 9.53. The maximum atomic E-state index is 13.0. The molecule has 0 unspecified atom stereocenters. The van der Waals surface area contributed by atoms with Gasteiger partial charge in [0.1, 0.15) is 5.69 Å². The van der Waals surface area contributed by atoms with Crippen molar-refractivity contribution in [2.75, 3.05) is 0 Å². The Morgan fingerprint density at radius 3 is 2.12 bits per heavy atom. The third-order valence-electron chi connectivity index (χ3n) is 4.61. The average Bonchev–Trinajstić information content (AvgIpc) is 2.73. The van der Waals surface area contributed by atoms with Crippen molar-refractivity contribution in [1.82, 2.24) is 10.2 Å². The van der Waals surface area contributed by atoms with E-state index in [1.54, 1.807) is 48.5 Å². The SMILES string of the molecule is CC(C)Oc1nnc(-c2c(OS(=O)(=O)C(F)(F)F)ccc3ccccc23)c2ccccc12. The largest absolute Gasteiger partial charge is 0.534 e. The van der Waals surface area contributed by atoms with Gasteiger partial charge in [0.25, 0.3) is 0 Å². The minimum Gasteiger partial charge on any atom is -0.473 e. The first-order chi connectivity index (χ1) is 15.1. The van der Waals surface area contributed by atoms with Crippen molar-refractivity contribution < 1.29 is 30.5 Å². The van der Waals surface area contributed by atoms with Crippen molar-refractivity contribution in [2.24, 2.45) is 0 Å². The lowest BCUT2D eigenvalue weighted by Gasteiger charge is -2.17. The standard InChI is InChI=1S/C22H17F3N2O4S/c1-13(2)30-21-17-10-6-5-9-16(17)20(26-27-21)19-15-8-4-3-7-14(15)11-12-18(19)31-32(28,29)22(23,24)25/h3-13H,1-2H3. The van der Waals surface area contributed by atoms with E-state index in [0.717, 1.165) is 0 Å². The fraction of sp³-hybridized carbons (Fsp3) is 0.182. The Labute approximate surface area is 181 Å². The lowest BCUT2D eigenvalue weighted by molar-refractivity contribution is -0.0499. The molecule has 0 spiro atoms. The molecule has 1 aromatic heterocycles. The maximum absolute atomic E-state index is 13.0. The van der Waals surface area contributed by atoms with Gasteiger partial charge in [-0.3, -0.25) is 0 Å². The molecule has 0 amide bonds. The summed E-state index contributed by atoms with van der Waals surface area (Å²) >= 11 is 0. The lowest BCUT2D eigenvalue weighted by atomic mass is 9.98. The summed E-state index contributed by atoms with van der Waals surface area (Å²) in [6.45, 7) is 3.64. The van der Waals surface area contributed by atoms with Crippen molar-refractivity contribution in [3.8, 4) is 22.9 Å². The van der Waals surface area contributed by atoms with Gasteiger partial charge in [0.2, 0.25) is 5.88 Å². The van der Waals surface area contributed by atoms with Gasteiger partial charge < -0.3 is 8.92 Å². The van der Waals surface area contributed by atoms with Crippen LogP contribution in [0.3, 0.4) is 0 Å². The quantitative estimate of drug-likeness (QED) is 0.289. The average molecular weight is 462 g/mol. The van der Waals surface area contributed by atoms with E-state index in [-0.39, 0.29) is 23.2 Å². The minimum absolute atomic E-state index is 0.0794. The van der Waals surface area contributed by atoms with E-state index < -0.39 is 21.4 Å². The second kappa shape index (κ2) is 7.94. The Morgan fingerprint density at radius 1 is 0.844 bits per heavy atom. The normalized spacial score (nSPS) is 12.4. The van der Waals surface area contributed by atoms with Gasteiger partial charge in [-0.05, 0) is 36.8 Å². The lowest BCUT2D eigenvalue weighted by Crippen LogP contribution is -2.28. The van der Waals surface area contributed by atoms with Crippen LogP contribution in [0.4, 0.5) is 13.2 Å². The number of halogens is 3. The van der Waals surface area contributed by atoms with Crippen LogP contribution in [0, 0.1) is 0 Å². The number of aromatic nitrogens is 2. The van der Waals surface area contributed by atoms with E-state index in [1.807, 2.05) is 13.8 Å². The van der Waals surface area contributed by atoms with E-state index in [1.165, 1.54) is 12.1 Å². The van der Waals surface area contributed by atoms with Crippen LogP contribution >= 0.6 is 0 Å². The molecule has 32 heavy (non-hydrogen) atoms. The predicted molar refractivity (Wildman–Crippen MR) is 114 cm³/mol. The number of hydrogen-bond donors (Lipinski definition) is 0. The molecular weight excluding hydrogens is 445 g/mol. The maximum Gasteiger partial charge on any atom is 0.534 e. The third-order valence-corrected chi connectivity index (χ3v) is 5.58. The summed E-state index contributed by atoms with van der Waals surface area (Å²) in [6.07, 6.45) is -0.188. The summed E-state index contributed by atoms with van der Waals surface area (Å²) < 4.78 is 72.9. The fourth-order valence-electron chi connectivity index (χ4n) is 3.30. The second-order valence-electron chi connectivity index (χ2n) is 7.21. The Bertz CT molecular complexity index is 1420. The molecule has 1 heterocycles. The number of hydrogen-bond acceptors (Lipinski definition) is 6. The van der Waals surface area contributed by atoms with Crippen LogP contribution in [-0.4, -0.2) is 30.2 Å². The first-order valence-corrected chi connectivity index (χ1v) is 10.9. The zero-order valence-corrected chi connectivity index (χ0v) is 17.7. The van der Waals surface area contributed by atoms with Crippen molar-refractivity contribution in [3.63, 3.8) is 0 Å². The highest BCUT2D eigenvalue weighted by Gasteiger charge is 2.49. The van der Waals surface area contributed by atoms with Gasteiger partial charge in [-0.1, -0.05) is 48.5 Å². The number of ether oxygens (including phenoxy) is 1. The summed E-state index contributed by atoms with van der Waals surface area (Å²) in [4.78, 5) is 0. The fourth-order valence-corrected chi connectivity index (χ4v) is 3.77. The Kier molecular flexibility index (Phi) is 5.41. The monoisotopic (exact) mass is 462 g/mol. The molecule has 166 valence electrons. The number of rotatable bonds is 5. The molecule has 0 aliphatic rings. The topological polar surface area (TPSA) is 78.4 Å². The van der Waals surface area contributed by atoms with Crippen LogP contribution in [0.2, 0.25) is 0 Å². The highest BCUT2D eigenvalue weighted by molar-refractivity contribution is 7.88. The molecule has 0 fully saturated rings. The van der Waals surface area contributed by atoms with Gasteiger partial charge in [0, 0.05) is 10.8 Å². The smallest absolute Gasteiger partial charge is 0.473 e. The summed E-state index contributed by atoms with van der Waals surface area (Å²) in [5.74, 6) is -0.247. The summed E-state index contributed by atoms with van der Waals surface area (Å²) in [5, 5.41) is 10.5. The number of fused-ring (bicyclic) bond motifs is 2. The number of nitrogens with zero attached hydrogens (tertiary/aromatic N) is 2. The van der Waals surface area contributed by atoms with E-state index in [2.05, 4.69) is 14.4 Å². The molecule has 0 saturated carbocycles. The van der Waals surface area contributed by atoms with Gasteiger partial charge in [-0.2, -0.15) is 21.6 Å². The molecule has 6 nitrogen and oxygen atoms in total. The van der Waals surface area contributed by atoms with E-state index >= 15 is 0 Å². The molecule has 4 aromatic rings.